The van der Waals surface area contributed by atoms with Crippen LogP contribution in [-0.4, -0.2) is 15.6 Å². The molecule has 0 radical (unpaired) electrons. The van der Waals surface area contributed by atoms with E-state index in [0.29, 0.717) is 6.42 Å². The second-order valence-electron chi connectivity index (χ2n) is 5.41. The second kappa shape index (κ2) is 9.56. The maximum atomic E-state index is 10.6. The Hall–Kier alpha value is -1.32. The molecule has 4 heteroatoms. The third-order valence-electron chi connectivity index (χ3n) is 3.60. The highest BCUT2D eigenvalue weighted by Gasteiger charge is 2.16. The molecular formula is C16H29N2O2+. The van der Waals surface area contributed by atoms with Crippen molar-refractivity contribution < 1.29 is 14.5 Å². The van der Waals surface area contributed by atoms with Gasteiger partial charge in [-0.1, -0.05) is 33.1 Å². The van der Waals surface area contributed by atoms with Gasteiger partial charge >= 0.3 is 5.97 Å². The number of hydrogen-bond acceptors (Lipinski definition) is 1. The van der Waals surface area contributed by atoms with Gasteiger partial charge in [-0.2, -0.15) is 0 Å². The average molecular weight is 281 g/mol. The lowest BCUT2D eigenvalue weighted by molar-refractivity contribution is -0.703. The molecule has 20 heavy (non-hydrogen) atoms. The molecule has 1 N–H and O–H groups in total. The fraction of sp³-hybridized carbons (Fsp3) is 0.750. The maximum absolute atomic E-state index is 10.6. The Bertz CT molecular complexity index is 399. The molecule has 1 heterocycles. The Balaban J connectivity index is 2.59. The molecule has 1 rings (SSSR count). The molecule has 0 amide bonds. The number of carbonyl (C=O) groups is 1. The quantitative estimate of drug-likeness (QED) is 0.500. The van der Waals surface area contributed by atoms with Crippen LogP contribution < -0.4 is 4.57 Å². The third kappa shape index (κ3) is 5.76. The highest BCUT2D eigenvalue weighted by Crippen LogP contribution is 2.07. The number of aryl methyl sites for hydroxylation is 2. The predicted molar refractivity (Wildman–Crippen MR) is 79.6 cm³/mol. The van der Waals surface area contributed by atoms with Gasteiger partial charge in [0.2, 0.25) is 0 Å². The van der Waals surface area contributed by atoms with Crippen molar-refractivity contribution in [3.63, 3.8) is 0 Å². The average Bonchev–Trinajstić information content (AvgIpc) is 2.78. The number of carboxylic acids is 1. The van der Waals surface area contributed by atoms with Crippen LogP contribution in [0, 0.1) is 0 Å². The van der Waals surface area contributed by atoms with Gasteiger partial charge in [-0.3, -0.25) is 4.79 Å². The van der Waals surface area contributed by atoms with Crippen molar-refractivity contribution in [3.05, 3.63) is 18.2 Å². The number of nitrogens with zero attached hydrogens (tertiary/aromatic N) is 2. The molecule has 0 atom stereocenters. The minimum Gasteiger partial charge on any atom is -0.481 e. The zero-order valence-corrected chi connectivity index (χ0v) is 13.0. The first-order valence-electron chi connectivity index (χ1n) is 7.98. The summed E-state index contributed by atoms with van der Waals surface area (Å²) >= 11 is 0. The van der Waals surface area contributed by atoms with Crippen molar-refractivity contribution >= 4 is 5.97 Å². The van der Waals surface area contributed by atoms with Gasteiger partial charge in [-0.15, -0.1) is 0 Å². The van der Waals surface area contributed by atoms with E-state index in [1.807, 2.05) is 0 Å². The van der Waals surface area contributed by atoms with E-state index in [0.717, 1.165) is 25.9 Å². The lowest BCUT2D eigenvalue weighted by Crippen LogP contribution is -2.37. The molecule has 0 fully saturated rings. The van der Waals surface area contributed by atoms with Crippen molar-refractivity contribution in [2.75, 3.05) is 0 Å². The van der Waals surface area contributed by atoms with Gasteiger partial charge in [0.05, 0.1) is 13.1 Å². The minimum atomic E-state index is -0.705. The maximum Gasteiger partial charge on any atom is 0.303 e. The molecule has 1 aromatic heterocycles. The molecule has 1 aromatic rings. The van der Waals surface area contributed by atoms with Crippen LogP contribution in [-0.2, 0) is 24.3 Å². The third-order valence-corrected chi connectivity index (χ3v) is 3.60. The fourth-order valence-corrected chi connectivity index (χ4v) is 2.54. The summed E-state index contributed by atoms with van der Waals surface area (Å²) in [6.07, 6.45) is 12.5. The van der Waals surface area contributed by atoms with Crippen molar-refractivity contribution in [1.82, 2.24) is 4.57 Å². The molecule has 0 unspecified atom stereocenters. The normalized spacial score (nSPS) is 10.9. The summed E-state index contributed by atoms with van der Waals surface area (Å²) in [6, 6.07) is 0. The minimum absolute atomic E-state index is 0.251. The molecular weight excluding hydrogens is 252 g/mol. The van der Waals surface area contributed by atoms with Gasteiger partial charge in [-0.05, 0) is 19.3 Å². The summed E-state index contributed by atoms with van der Waals surface area (Å²) in [6.45, 7) is 6.28. The Morgan fingerprint density at radius 3 is 2.65 bits per heavy atom. The molecule has 4 nitrogen and oxygen atoms in total. The van der Waals surface area contributed by atoms with Gasteiger partial charge < -0.3 is 5.11 Å². The summed E-state index contributed by atoms with van der Waals surface area (Å²) in [4.78, 5) is 10.6. The number of unbranched alkanes of at least 4 members (excludes halogenated alkanes) is 3. The van der Waals surface area contributed by atoms with Gasteiger partial charge in [0, 0.05) is 12.8 Å². The van der Waals surface area contributed by atoms with Crippen molar-refractivity contribution in [3.8, 4) is 0 Å². The van der Waals surface area contributed by atoms with E-state index in [1.165, 1.54) is 31.5 Å². The van der Waals surface area contributed by atoms with E-state index >= 15 is 0 Å². The second-order valence-corrected chi connectivity index (χ2v) is 5.41. The zero-order valence-electron chi connectivity index (χ0n) is 13.0. The standard InChI is InChI=1S/C16H28N2O2/c1-3-5-6-7-9-15-17(11-4-2)13-14-18(15)12-8-10-16(19)20/h13-14H,3-12H2,1-2H3/p+1. The topological polar surface area (TPSA) is 46.1 Å². The van der Waals surface area contributed by atoms with Crippen molar-refractivity contribution in [1.29, 1.82) is 0 Å². The number of rotatable bonds is 11. The molecule has 0 aliphatic rings. The Morgan fingerprint density at radius 1 is 1.20 bits per heavy atom. The number of hydrogen-bond donors (Lipinski definition) is 1. The molecule has 0 aromatic carbocycles. The van der Waals surface area contributed by atoms with Crippen LogP contribution in [0.5, 0.6) is 0 Å². The molecule has 114 valence electrons. The summed E-state index contributed by atoms with van der Waals surface area (Å²) < 4.78 is 4.57. The predicted octanol–water partition coefficient (Wildman–Crippen LogP) is 3.17. The zero-order chi connectivity index (χ0) is 14.8. The highest BCUT2D eigenvalue weighted by atomic mass is 16.4. The lowest BCUT2D eigenvalue weighted by atomic mass is 10.1. The Morgan fingerprint density at radius 2 is 2.00 bits per heavy atom. The van der Waals surface area contributed by atoms with Crippen LogP contribution in [0.2, 0.25) is 0 Å². The Kier molecular flexibility index (Phi) is 8.00. The van der Waals surface area contributed by atoms with E-state index in [9.17, 15) is 4.79 Å². The van der Waals surface area contributed by atoms with E-state index in [-0.39, 0.29) is 6.42 Å². The van der Waals surface area contributed by atoms with Crippen LogP contribution in [0.4, 0.5) is 0 Å². The van der Waals surface area contributed by atoms with Gasteiger partial charge in [0.25, 0.3) is 5.82 Å². The molecule has 0 spiro atoms. The summed E-state index contributed by atoms with van der Waals surface area (Å²) in [5, 5.41) is 8.74. The summed E-state index contributed by atoms with van der Waals surface area (Å²) in [5.74, 6) is 0.649. The van der Waals surface area contributed by atoms with Gasteiger partial charge in [0.15, 0.2) is 0 Å². The summed E-state index contributed by atoms with van der Waals surface area (Å²) in [7, 11) is 0. The van der Waals surface area contributed by atoms with Crippen LogP contribution in [0.1, 0.15) is 64.6 Å². The molecule has 0 aliphatic heterocycles. The van der Waals surface area contributed by atoms with Crippen LogP contribution in [0.3, 0.4) is 0 Å². The number of aliphatic carboxylic acids is 1. The fourth-order valence-electron chi connectivity index (χ4n) is 2.54. The first-order chi connectivity index (χ1) is 9.69. The van der Waals surface area contributed by atoms with Crippen molar-refractivity contribution in [2.45, 2.75) is 78.3 Å². The van der Waals surface area contributed by atoms with E-state index in [2.05, 4.69) is 35.4 Å². The number of aromatic nitrogens is 2. The van der Waals surface area contributed by atoms with Gasteiger partial charge in [0.1, 0.15) is 12.4 Å². The first kappa shape index (κ1) is 16.7. The molecule has 0 saturated heterocycles. The van der Waals surface area contributed by atoms with Gasteiger partial charge in [-0.25, -0.2) is 9.13 Å². The number of carboxylic acid groups (broad SMARTS) is 1. The Labute approximate surface area is 122 Å². The SMILES string of the molecule is CCCCCCc1n(CCCC(=O)O)cc[n+]1CCC. The largest absolute Gasteiger partial charge is 0.481 e. The van der Waals surface area contributed by atoms with E-state index in [4.69, 9.17) is 5.11 Å². The first-order valence-corrected chi connectivity index (χ1v) is 7.98. The van der Waals surface area contributed by atoms with Crippen molar-refractivity contribution in [2.24, 2.45) is 0 Å². The monoisotopic (exact) mass is 281 g/mol. The van der Waals surface area contributed by atoms with Crippen LogP contribution >= 0.6 is 0 Å². The highest BCUT2D eigenvalue weighted by molar-refractivity contribution is 5.66. The summed E-state index contributed by atoms with van der Waals surface area (Å²) in [5.41, 5.74) is 0. The van der Waals surface area contributed by atoms with Crippen LogP contribution in [0.25, 0.3) is 0 Å². The lowest BCUT2D eigenvalue weighted by Gasteiger charge is -2.04. The van der Waals surface area contributed by atoms with Crippen LogP contribution in [0.15, 0.2) is 12.4 Å². The van der Waals surface area contributed by atoms with E-state index in [1.54, 1.807) is 0 Å². The molecule has 0 saturated carbocycles. The smallest absolute Gasteiger partial charge is 0.303 e. The number of imidazole rings is 1. The molecule has 0 aliphatic carbocycles. The van der Waals surface area contributed by atoms with E-state index < -0.39 is 5.97 Å². The molecule has 0 bridgehead atoms.